The molecule has 7 nitrogen and oxygen atoms in total. The maximum Gasteiger partial charge on any atom is 0.407 e. The van der Waals surface area contributed by atoms with E-state index in [9.17, 15) is 9.59 Å². The molecule has 0 unspecified atom stereocenters. The van der Waals surface area contributed by atoms with Gasteiger partial charge in [-0.1, -0.05) is 24.9 Å². The van der Waals surface area contributed by atoms with E-state index in [0.29, 0.717) is 5.15 Å². The Balaban J connectivity index is 2.65. The quantitative estimate of drug-likeness (QED) is 0.630. The number of carbonyl (C=O) groups excluding carboxylic acids is 2. The fourth-order valence-electron chi connectivity index (χ4n) is 2.40. The second-order valence-corrected chi connectivity index (χ2v) is 8.79. The molecular weight excluding hydrogens is 380 g/mol. The number of aromatic nitrogens is 2. The molecule has 0 aromatic carbocycles. The van der Waals surface area contributed by atoms with Crippen LogP contribution in [0.25, 0.3) is 6.08 Å². The van der Waals surface area contributed by atoms with Crippen molar-refractivity contribution in [1.29, 1.82) is 0 Å². The zero-order valence-corrected chi connectivity index (χ0v) is 18.7. The highest BCUT2D eigenvalue weighted by Crippen LogP contribution is 2.21. The Morgan fingerprint density at radius 2 is 1.89 bits per heavy atom. The van der Waals surface area contributed by atoms with Crippen molar-refractivity contribution >= 4 is 29.7 Å². The highest BCUT2D eigenvalue weighted by atomic mass is 35.5. The third-order valence-electron chi connectivity index (χ3n) is 3.77. The topological polar surface area (TPSA) is 85.3 Å². The Kier molecular flexibility index (Phi) is 8.54. The summed E-state index contributed by atoms with van der Waals surface area (Å²) in [5.74, 6) is -0.284. The number of hydrogen-bond acceptors (Lipinski definition) is 4. The van der Waals surface area contributed by atoms with E-state index in [1.165, 1.54) is 6.08 Å². The van der Waals surface area contributed by atoms with E-state index in [-0.39, 0.29) is 12.5 Å². The van der Waals surface area contributed by atoms with Gasteiger partial charge in [0.1, 0.15) is 10.8 Å². The van der Waals surface area contributed by atoms with E-state index in [1.807, 2.05) is 20.8 Å². The van der Waals surface area contributed by atoms with Gasteiger partial charge in [0, 0.05) is 24.7 Å². The lowest BCUT2D eigenvalue weighted by molar-refractivity contribution is -0.117. The van der Waals surface area contributed by atoms with Gasteiger partial charge < -0.3 is 15.4 Å². The Morgan fingerprint density at radius 1 is 1.25 bits per heavy atom. The Bertz CT molecular complexity index is 718. The van der Waals surface area contributed by atoms with Crippen molar-refractivity contribution in [2.75, 3.05) is 6.54 Å². The molecule has 0 aliphatic rings. The molecule has 1 heterocycles. The fraction of sp³-hybridized carbons (Fsp3) is 0.650. The number of amides is 2. The summed E-state index contributed by atoms with van der Waals surface area (Å²) >= 11 is 6.38. The van der Waals surface area contributed by atoms with Crippen molar-refractivity contribution < 1.29 is 14.3 Å². The van der Waals surface area contributed by atoms with Crippen molar-refractivity contribution in [2.45, 2.75) is 79.0 Å². The Hall–Kier alpha value is -2.02. The summed E-state index contributed by atoms with van der Waals surface area (Å²) < 4.78 is 6.96. The summed E-state index contributed by atoms with van der Waals surface area (Å²) in [5, 5.41) is 10.5. The van der Waals surface area contributed by atoms with E-state index in [2.05, 4.69) is 22.7 Å². The molecule has 8 heteroatoms. The van der Waals surface area contributed by atoms with Crippen LogP contribution in [0.3, 0.4) is 0 Å². The summed E-state index contributed by atoms with van der Waals surface area (Å²) in [6.07, 6.45) is 4.61. The summed E-state index contributed by atoms with van der Waals surface area (Å²) in [6.45, 7) is 14.0. The minimum atomic E-state index is -0.650. The second kappa shape index (κ2) is 9.96. The number of hydrogen-bond donors (Lipinski definition) is 2. The zero-order chi connectivity index (χ0) is 21.5. The van der Waals surface area contributed by atoms with Crippen molar-refractivity contribution in [2.24, 2.45) is 0 Å². The summed E-state index contributed by atoms with van der Waals surface area (Å²) in [4.78, 5) is 24.1. The molecule has 1 aromatic heterocycles. The van der Waals surface area contributed by atoms with Gasteiger partial charge >= 0.3 is 6.09 Å². The summed E-state index contributed by atoms with van der Waals surface area (Å²) in [5.41, 5.74) is 0.287. The molecule has 0 radical (unpaired) electrons. The molecule has 0 fully saturated rings. The lowest BCUT2D eigenvalue weighted by atomic mass is 10.1. The number of unbranched alkanes of at least 4 members (excludes halogenated alkanes) is 1. The summed E-state index contributed by atoms with van der Waals surface area (Å²) in [7, 11) is 0. The molecular formula is C20H33ClN4O3. The van der Waals surface area contributed by atoms with Gasteiger partial charge in [-0.05, 0) is 54.0 Å². The van der Waals surface area contributed by atoms with Crippen LogP contribution in [0, 0.1) is 6.92 Å². The first-order valence-corrected chi connectivity index (χ1v) is 9.92. The summed E-state index contributed by atoms with van der Waals surface area (Å²) in [6, 6.07) is 0. The van der Waals surface area contributed by atoms with Crippen LogP contribution in [0.15, 0.2) is 6.08 Å². The monoisotopic (exact) mass is 412 g/mol. The Morgan fingerprint density at radius 3 is 2.46 bits per heavy atom. The number of nitrogens with one attached hydrogen (secondary N) is 2. The van der Waals surface area contributed by atoms with Gasteiger partial charge in [-0.2, -0.15) is 5.10 Å². The molecule has 0 bridgehead atoms. The number of ether oxygens (including phenoxy) is 1. The molecule has 0 atom stereocenters. The van der Waals surface area contributed by atoms with Crippen LogP contribution in [0.2, 0.25) is 5.15 Å². The second-order valence-electron chi connectivity index (χ2n) is 8.43. The average molecular weight is 413 g/mol. The number of rotatable bonds is 8. The van der Waals surface area contributed by atoms with Gasteiger partial charge in [-0.25, -0.2) is 4.79 Å². The molecule has 0 aliphatic carbocycles. The number of alkyl carbamates (subject to hydrolysis) is 1. The van der Waals surface area contributed by atoms with Crippen LogP contribution in [-0.2, 0) is 16.1 Å². The molecule has 1 aromatic rings. The SMILES string of the molecule is CCCCn1nc(C)c(/C=C/C(=O)NC(C)(C)CNC(=O)OC(C)(C)C)c1Cl. The van der Waals surface area contributed by atoms with Gasteiger partial charge in [-0.15, -0.1) is 0 Å². The van der Waals surface area contributed by atoms with Crippen molar-refractivity contribution in [3.8, 4) is 0 Å². The van der Waals surface area contributed by atoms with Crippen LogP contribution in [0.1, 0.15) is 65.6 Å². The maximum atomic E-state index is 12.3. The first-order valence-electron chi connectivity index (χ1n) is 9.54. The average Bonchev–Trinajstić information content (AvgIpc) is 2.81. The number of carbonyl (C=O) groups is 2. The van der Waals surface area contributed by atoms with Crippen molar-refractivity contribution in [1.82, 2.24) is 20.4 Å². The predicted octanol–water partition coefficient (Wildman–Crippen LogP) is 4.08. The largest absolute Gasteiger partial charge is 0.444 e. The van der Waals surface area contributed by atoms with E-state index in [0.717, 1.165) is 30.6 Å². The highest BCUT2D eigenvalue weighted by Gasteiger charge is 2.23. The zero-order valence-electron chi connectivity index (χ0n) is 18.0. The Labute approximate surface area is 172 Å². The molecule has 2 amide bonds. The van der Waals surface area contributed by atoms with E-state index in [1.54, 1.807) is 31.5 Å². The van der Waals surface area contributed by atoms with Crippen LogP contribution in [-0.4, -0.2) is 39.5 Å². The van der Waals surface area contributed by atoms with Crippen LogP contribution in [0.5, 0.6) is 0 Å². The first kappa shape index (κ1) is 24.0. The molecule has 1 rings (SSSR count). The normalized spacial score (nSPS) is 12.3. The minimum absolute atomic E-state index is 0.232. The van der Waals surface area contributed by atoms with Crippen molar-refractivity contribution in [3.05, 3.63) is 22.5 Å². The first-order chi connectivity index (χ1) is 12.8. The predicted molar refractivity (Wildman–Crippen MR) is 112 cm³/mol. The fourth-order valence-corrected chi connectivity index (χ4v) is 2.72. The molecule has 158 valence electrons. The number of aryl methyl sites for hydroxylation is 2. The maximum absolute atomic E-state index is 12.3. The van der Waals surface area contributed by atoms with Crippen LogP contribution >= 0.6 is 11.6 Å². The van der Waals surface area contributed by atoms with Crippen LogP contribution in [0.4, 0.5) is 4.79 Å². The minimum Gasteiger partial charge on any atom is -0.444 e. The van der Waals surface area contributed by atoms with E-state index >= 15 is 0 Å². The number of nitrogens with zero attached hydrogens (tertiary/aromatic N) is 2. The van der Waals surface area contributed by atoms with Crippen molar-refractivity contribution in [3.63, 3.8) is 0 Å². The highest BCUT2D eigenvalue weighted by molar-refractivity contribution is 6.31. The smallest absolute Gasteiger partial charge is 0.407 e. The third kappa shape index (κ3) is 8.33. The molecule has 0 aliphatic heterocycles. The molecule has 0 spiro atoms. The van der Waals surface area contributed by atoms with Gasteiger partial charge in [0.15, 0.2) is 0 Å². The van der Waals surface area contributed by atoms with Gasteiger partial charge in [0.2, 0.25) is 5.91 Å². The lowest BCUT2D eigenvalue weighted by Gasteiger charge is -2.27. The lowest BCUT2D eigenvalue weighted by Crippen LogP contribution is -2.51. The third-order valence-corrected chi connectivity index (χ3v) is 4.17. The van der Waals surface area contributed by atoms with Gasteiger partial charge in [-0.3, -0.25) is 9.48 Å². The number of halogens is 1. The molecule has 2 N–H and O–H groups in total. The molecule has 0 saturated carbocycles. The molecule has 28 heavy (non-hydrogen) atoms. The van der Waals surface area contributed by atoms with E-state index < -0.39 is 17.2 Å². The molecule has 0 saturated heterocycles. The van der Waals surface area contributed by atoms with Crippen LogP contribution < -0.4 is 10.6 Å². The van der Waals surface area contributed by atoms with E-state index in [4.69, 9.17) is 16.3 Å². The standard InChI is InChI=1S/C20H33ClN4O3/c1-8-9-12-25-17(21)15(14(2)24-25)10-11-16(26)23-20(6,7)13-22-18(27)28-19(3,4)5/h10-11H,8-9,12-13H2,1-7H3,(H,22,27)(H,23,26)/b11-10+. The van der Waals surface area contributed by atoms with Gasteiger partial charge in [0.25, 0.3) is 0 Å². The van der Waals surface area contributed by atoms with Gasteiger partial charge in [0.05, 0.1) is 11.2 Å².